The van der Waals surface area contributed by atoms with E-state index in [1.54, 1.807) is 17.0 Å². The van der Waals surface area contributed by atoms with Crippen molar-refractivity contribution in [1.29, 1.82) is 0 Å². The maximum atomic E-state index is 11.5. The van der Waals surface area contributed by atoms with Gasteiger partial charge in [0.25, 0.3) is 0 Å². The Morgan fingerprint density at radius 1 is 1.44 bits per heavy atom. The average molecular weight is 261 g/mol. The molecule has 0 spiro atoms. The van der Waals surface area contributed by atoms with Crippen LogP contribution in [0.5, 0.6) is 0 Å². The van der Waals surface area contributed by atoms with E-state index in [2.05, 4.69) is 4.98 Å². The molecule has 2 heterocycles. The fourth-order valence-corrected chi connectivity index (χ4v) is 1.80. The number of carbonyl (C=O) groups excluding carboxylic acids is 1. The smallest absolute Gasteiger partial charge is 0.249 e. The first-order valence-corrected chi connectivity index (χ1v) is 5.59. The minimum Gasteiger partial charge on any atom is -0.370 e. The Morgan fingerprint density at radius 2 is 2.25 bits per heavy atom. The third-order valence-electron chi connectivity index (χ3n) is 2.31. The highest BCUT2D eigenvalue weighted by Gasteiger charge is 2.20. The summed E-state index contributed by atoms with van der Waals surface area (Å²) in [6, 6.07) is 3.30. The first kappa shape index (κ1) is 11.6. The number of rotatable bonds is 2. The molecule has 2 rings (SSSR count). The molecule has 0 atom stereocenters. The molecule has 1 aromatic rings. The van der Waals surface area contributed by atoms with Crippen molar-refractivity contribution < 1.29 is 9.53 Å². The molecular weight excluding hydrogens is 251 g/mol. The van der Waals surface area contributed by atoms with Crippen LogP contribution >= 0.6 is 23.2 Å². The van der Waals surface area contributed by atoms with Crippen molar-refractivity contribution in [1.82, 2.24) is 9.88 Å². The van der Waals surface area contributed by atoms with E-state index in [-0.39, 0.29) is 12.5 Å². The molecule has 16 heavy (non-hydrogen) atoms. The molecule has 0 N–H and O–H groups in total. The summed E-state index contributed by atoms with van der Waals surface area (Å²) < 4.78 is 5.03. The highest BCUT2D eigenvalue weighted by molar-refractivity contribution is 6.32. The van der Waals surface area contributed by atoms with Crippen molar-refractivity contribution in [3.05, 3.63) is 28.0 Å². The van der Waals surface area contributed by atoms with Gasteiger partial charge in [0.1, 0.15) is 11.8 Å². The van der Waals surface area contributed by atoms with Crippen LogP contribution in [0.15, 0.2) is 12.1 Å². The van der Waals surface area contributed by atoms with Crippen LogP contribution < -0.4 is 0 Å². The number of amides is 1. The maximum Gasteiger partial charge on any atom is 0.249 e. The molecule has 1 saturated heterocycles. The molecule has 4 nitrogen and oxygen atoms in total. The second-order valence-corrected chi connectivity index (χ2v) is 4.22. The Morgan fingerprint density at radius 3 is 3.00 bits per heavy atom. The molecule has 0 bridgehead atoms. The van der Waals surface area contributed by atoms with Gasteiger partial charge in [-0.2, -0.15) is 0 Å². The summed E-state index contributed by atoms with van der Waals surface area (Å²) in [4.78, 5) is 17.3. The van der Waals surface area contributed by atoms with Crippen LogP contribution in [-0.2, 0) is 16.1 Å². The number of pyridine rings is 1. The highest BCUT2D eigenvalue weighted by atomic mass is 35.5. The zero-order valence-electron chi connectivity index (χ0n) is 8.45. The Hall–Kier alpha value is -0.840. The summed E-state index contributed by atoms with van der Waals surface area (Å²) in [5.74, 6) is -0.0518. The number of morpholine rings is 1. The first-order chi connectivity index (χ1) is 7.66. The van der Waals surface area contributed by atoms with E-state index in [9.17, 15) is 4.79 Å². The molecular formula is C10H10Cl2N2O2. The van der Waals surface area contributed by atoms with Gasteiger partial charge in [0.15, 0.2) is 0 Å². The van der Waals surface area contributed by atoms with Gasteiger partial charge in [-0.1, -0.05) is 23.2 Å². The van der Waals surface area contributed by atoms with Gasteiger partial charge >= 0.3 is 0 Å². The van der Waals surface area contributed by atoms with Crippen LogP contribution in [0.4, 0.5) is 0 Å². The molecule has 0 unspecified atom stereocenters. The van der Waals surface area contributed by atoms with E-state index in [1.807, 2.05) is 0 Å². The second kappa shape index (κ2) is 4.99. The summed E-state index contributed by atoms with van der Waals surface area (Å²) in [5, 5.41) is 0.892. The van der Waals surface area contributed by atoms with Gasteiger partial charge in [-0.15, -0.1) is 0 Å². The van der Waals surface area contributed by atoms with Gasteiger partial charge in [-0.3, -0.25) is 4.79 Å². The van der Waals surface area contributed by atoms with Crippen molar-refractivity contribution in [2.75, 3.05) is 19.8 Å². The number of halogens is 2. The predicted octanol–water partition coefficient (Wildman–Crippen LogP) is 1.75. The van der Waals surface area contributed by atoms with Crippen molar-refractivity contribution in [2.45, 2.75) is 6.54 Å². The zero-order chi connectivity index (χ0) is 11.5. The standard InChI is InChI=1S/C10H10Cl2N2O2/c11-7-1-2-9(12)13-8(7)5-14-3-4-16-6-10(14)15/h1-2H,3-6H2. The number of hydrogen-bond donors (Lipinski definition) is 0. The number of ether oxygens (including phenoxy) is 1. The maximum absolute atomic E-state index is 11.5. The van der Waals surface area contributed by atoms with Crippen LogP contribution in [0.1, 0.15) is 5.69 Å². The van der Waals surface area contributed by atoms with Crippen LogP contribution in [0.2, 0.25) is 10.2 Å². The van der Waals surface area contributed by atoms with E-state index in [0.29, 0.717) is 35.6 Å². The average Bonchev–Trinajstić information content (AvgIpc) is 2.27. The Labute approximate surface area is 103 Å². The van der Waals surface area contributed by atoms with Crippen molar-refractivity contribution in [3.8, 4) is 0 Å². The van der Waals surface area contributed by atoms with E-state index >= 15 is 0 Å². The molecule has 1 amide bonds. The summed E-state index contributed by atoms with van der Waals surface area (Å²) >= 11 is 11.7. The lowest BCUT2D eigenvalue weighted by molar-refractivity contribution is -0.143. The molecule has 0 saturated carbocycles. The SMILES string of the molecule is O=C1COCCN1Cc1nc(Cl)ccc1Cl. The molecule has 0 aliphatic carbocycles. The van der Waals surface area contributed by atoms with Crippen molar-refractivity contribution in [2.24, 2.45) is 0 Å². The van der Waals surface area contributed by atoms with Gasteiger partial charge < -0.3 is 9.64 Å². The van der Waals surface area contributed by atoms with Crippen molar-refractivity contribution in [3.63, 3.8) is 0 Å². The summed E-state index contributed by atoms with van der Waals surface area (Å²) in [6.07, 6.45) is 0. The van der Waals surface area contributed by atoms with E-state index in [4.69, 9.17) is 27.9 Å². The fraction of sp³-hybridized carbons (Fsp3) is 0.400. The molecule has 86 valence electrons. The number of hydrogen-bond acceptors (Lipinski definition) is 3. The predicted molar refractivity (Wildman–Crippen MR) is 60.5 cm³/mol. The Bertz CT molecular complexity index is 412. The summed E-state index contributed by atoms with van der Waals surface area (Å²) in [7, 11) is 0. The molecule has 1 aliphatic rings. The lowest BCUT2D eigenvalue weighted by atomic mass is 10.3. The fourth-order valence-electron chi connectivity index (χ4n) is 1.47. The molecule has 1 aromatic heterocycles. The lowest BCUT2D eigenvalue weighted by Crippen LogP contribution is -2.41. The van der Waals surface area contributed by atoms with Crippen LogP contribution in [0, 0.1) is 0 Å². The first-order valence-electron chi connectivity index (χ1n) is 4.83. The molecule has 1 fully saturated rings. The highest BCUT2D eigenvalue weighted by Crippen LogP contribution is 2.19. The largest absolute Gasteiger partial charge is 0.370 e. The molecule has 0 radical (unpaired) electrons. The minimum absolute atomic E-state index is 0.0518. The molecule has 6 heteroatoms. The number of nitrogens with zero attached hydrogens (tertiary/aromatic N) is 2. The minimum atomic E-state index is -0.0518. The lowest BCUT2D eigenvalue weighted by Gasteiger charge is -2.26. The van der Waals surface area contributed by atoms with Gasteiger partial charge in [0.05, 0.1) is 23.9 Å². The van der Waals surface area contributed by atoms with Crippen LogP contribution in [0.3, 0.4) is 0 Å². The second-order valence-electron chi connectivity index (χ2n) is 3.43. The monoisotopic (exact) mass is 260 g/mol. The Balaban J connectivity index is 2.13. The van der Waals surface area contributed by atoms with Gasteiger partial charge in [-0.05, 0) is 12.1 Å². The van der Waals surface area contributed by atoms with Crippen LogP contribution in [0.25, 0.3) is 0 Å². The third kappa shape index (κ3) is 2.64. The van der Waals surface area contributed by atoms with E-state index in [1.165, 1.54) is 0 Å². The topological polar surface area (TPSA) is 42.4 Å². The van der Waals surface area contributed by atoms with Gasteiger partial charge in [0.2, 0.25) is 5.91 Å². The number of aromatic nitrogens is 1. The van der Waals surface area contributed by atoms with E-state index < -0.39 is 0 Å². The van der Waals surface area contributed by atoms with Crippen LogP contribution in [-0.4, -0.2) is 35.5 Å². The van der Waals surface area contributed by atoms with Gasteiger partial charge in [-0.25, -0.2) is 4.98 Å². The normalized spacial score (nSPS) is 16.6. The zero-order valence-corrected chi connectivity index (χ0v) is 9.96. The quantitative estimate of drug-likeness (QED) is 0.761. The van der Waals surface area contributed by atoms with Crippen molar-refractivity contribution >= 4 is 29.1 Å². The van der Waals surface area contributed by atoms with Gasteiger partial charge in [0, 0.05) is 6.54 Å². The summed E-state index contributed by atoms with van der Waals surface area (Å²) in [5.41, 5.74) is 0.615. The number of carbonyl (C=O) groups is 1. The third-order valence-corrected chi connectivity index (χ3v) is 2.86. The summed E-state index contributed by atoms with van der Waals surface area (Å²) in [6.45, 7) is 1.60. The Kier molecular flexibility index (Phi) is 3.63. The molecule has 0 aromatic carbocycles. The molecule has 1 aliphatic heterocycles. The van der Waals surface area contributed by atoms with E-state index in [0.717, 1.165) is 0 Å².